The number of alkyl carbamates (subject to hydrolysis) is 1. The van der Waals surface area contributed by atoms with E-state index in [1.165, 1.54) is 0 Å². The van der Waals surface area contributed by atoms with Crippen LogP contribution in [0.5, 0.6) is 0 Å². The van der Waals surface area contributed by atoms with Crippen LogP contribution < -0.4 is 10.6 Å². The van der Waals surface area contributed by atoms with Crippen molar-refractivity contribution in [3.05, 3.63) is 107 Å². The Morgan fingerprint density at radius 2 is 1.46 bits per heavy atom. The second-order valence-electron chi connectivity index (χ2n) is 10.4. The molecule has 1 aliphatic rings. The summed E-state index contributed by atoms with van der Waals surface area (Å²) in [5, 5.41) is 14.8. The van der Waals surface area contributed by atoms with E-state index in [-0.39, 0.29) is 25.6 Å². The van der Waals surface area contributed by atoms with E-state index in [2.05, 4.69) is 22.8 Å². The van der Waals surface area contributed by atoms with Crippen molar-refractivity contribution in [2.75, 3.05) is 6.61 Å². The molecule has 3 aromatic carbocycles. The summed E-state index contributed by atoms with van der Waals surface area (Å²) in [5.41, 5.74) is 6.17. The number of aliphatic carboxylic acids is 1. The maximum absolute atomic E-state index is 13.3. The van der Waals surface area contributed by atoms with Gasteiger partial charge in [0.25, 0.3) is 0 Å². The van der Waals surface area contributed by atoms with Crippen molar-refractivity contribution in [1.29, 1.82) is 0 Å². The molecule has 41 heavy (non-hydrogen) atoms. The lowest BCUT2D eigenvalue weighted by atomic mass is 9.98. The summed E-state index contributed by atoms with van der Waals surface area (Å²) >= 11 is 0. The lowest BCUT2D eigenvalue weighted by Crippen LogP contribution is -2.56. The first-order valence-corrected chi connectivity index (χ1v) is 13.7. The van der Waals surface area contributed by atoms with Crippen LogP contribution in [0.25, 0.3) is 11.1 Å². The van der Waals surface area contributed by atoms with Gasteiger partial charge in [-0.1, -0.05) is 90.5 Å². The van der Waals surface area contributed by atoms with Gasteiger partial charge in [0.1, 0.15) is 18.7 Å². The molecule has 2 amide bonds. The Labute approximate surface area is 240 Å². The molecule has 1 unspecified atom stereocenters. The molecule has 3 N–H and O–H groups in total. The monoisotopic (exact) mass is 556 g/mol. The van der Waals surface area contributed by atoms with Crippen molar-refractivity contribution in [3.63, 3.8) is 0 Å². The first kappa shape index (κ1) is 29.6. The normalized spacial score (nSPS) is 14.1. The molecule has 214 valence electrons. The van der Waals surface area contributed by atoms with Gasteiger partial charge in [-0.2, -0.15) is 0 Å². The molecule has 0 bridgehead atoms. The molecule has 8 heteroatoms. The summed E-state index contributed by atoms with van der Waals surface area (Å²) in [7, 11) is 0. The SMILES string of the molecule is CC(C)=CCC(NC(=O)[C@H](NC(=O)OCC1c2ccccc2-c2ccccc21)[C@H](C)OCc1ccccc1)C(=O)O. The van der Waals surface area contributed by atoms with Gasteiger partial charge in [-0.25, -0.2) is 9.59 Å². The predicted molar refractivity (Wildman–Crippen MR) is 156 cm³/mol. The van der Waals surface area contributed by atoms with Crippen LogP contribution in [0.15, 0.2) is 90.5 Å². The molecule has 0 aromatic heterocycles. The van der Waals surface area contributed by atoms with Gasteiger partial charge in [-0.05, 0) is 55.0 Å². The number of rotatable bonds is 12. The Bertz CT molecular complexity index is 1350. The minimum absolute atomic E-state index is 0.0752. The van der Waals surface area contributed by atoms with Gasteiger partial charge in [0.15, 0.2) is 0 Å². The number of amides is 2. The smallest absolute Gasteiger partial charge is 0.407 e. The third-order valence-electron chi connectivity index (χ3n) is 7.10. The molecule has 3 atom stereocenters. The van der Waals surface area contributed by atoms with Crippen LogP contribution in [0.1, 0.15) is 49.8 Å². The zero-order valence-electron chi connectivity index (χ0n) is 23.5. The van der Waals surface area contributed by atoms with E-state index in [4.69, 9.17) is 9.47 Å². The molecule has 0 spiro atoms. The van der Waals surface area contributed by atoms with Crippen LogP contribution in [0.2, 0.25) is 0 Å². The van der Waals surface area contributed by atoms with Crippen molar-refractivity contribution < 1.29 is 29.0 Å². The number of nitrogens with one attached hydrogen (secondary N) is 2. The predicted octanol–water partition coefficient (Wildman–Crippen LogP) is 5.42. The third kappa shape index (κ3) is 7.61. The van der Waals surface area contributed by atoms with Crippen molar-refractivity contribution in [3.8, 4) is 11.1 Å². The zero-order chi connectivity index (χ0) is 29.4. The fourth-order valence-corrected chi connectivity index (χ4v) is 4.90. The number of hydrogen-bond donors (Lipinski definition) is 3. The summed E-state index contributed by atoms with van der Waals surface area (Å²) in [6.07, 6.45) is 0.273. The van der Waals surface area contributed by atoms with E-state index < -0.39 is 36.2 Å². The number of allylic oxidation sites excluding steroid dienone is 1. The Balaban J connectivity index is 1.46. The average molecular weight is 557 g/mol. The maximum atomic E-state index is 13.3. The number of carboxylic acids is 1. The van der Waals surface area contributed by atoms with E-state index >= 15 is 0 Å². The van der Waals surface area contributed by atoms with Gasteiger partial charge in [0, 0.05) is 5.92 Å². The molecule has 0 fully saturated rings. The summed E-state index contributed by atoms with van der Waals surface area (Å²) in [6, 6.07) is 23.1. The molecule has 0 saturated carbocycles. The van der Waals surface area contributed by atoms with Gasteiger partial charge in [-0.15, -0.1) is 0 Å². The van der Waals surface area contributed by atoms with Crippen LogP contribution in [0, 0.1) is 0 Å². The quantitative estimate of drug-likeness (QED) is 0.257. The third-order valence-corrected chi connectivity index (χ3v) is 7.10. The van der Waals surface area contributed by atoms with Crippen LogP contribution in [-0.2, 0) is 25.7 Å². The Kier molecular flexibility index (Phi) is 9.92. The summed E-state index contributed by atoms with van der Waals surface area (Å²) < 4.78 is 11.6. The summed E-state index contributed by atoms with van der Waals surface area (Å²) in [5.74, 6) is -1.99. The van der Waals surface area contributed by atoms with Crippen LogP contribution in [0.4, 0.5) is 4.79 Å². The highest BCUT2D eigenvalue weighted by molar-refractivity contribution is 5.90. The highest BCUT2D eigenvalue weighted by Crippen LogP contribution is 2.44. The number of ether oxygens (including phenoxy) is 2. The van der Waals surface area contributed by atoms with Crippen molar-refractivity contribution >= 4 is 18.0 Å². The Hall–Kier alpha value is -4.43. The summed E-state index contributed by atoms with van der Waals surface area (Å²) in [6.45, 7) is 5.64. The number of hydrogen-bond acceptors (Lipinski definition) is 5. The number of carbonyl (C=O) groups is 3. The molecular weight excluding hydrogens is 520 g/mol. The molecule has 0 saturated heterocycles. The van der Waals surface area contributed by atoms with Crippen molar-refractivity contribution in [1.82, 2.24) is 10.6 Å². The molecule has 0 radical (unpaired) electrons. The molecule has 8 nitrogen and oxygen atoms in total. The number of carboxylic acid groups (broad SMARTS) is 1. The van der Waals surface area contributed by atoms with Crippen LogP contribution in [0.3, 0.4) is 0 Å². The van der Waals surface area contributed by atoms with Crippen LogP contribution in [-0.4, -0.2) is 47.9 Å². The minimum atomic E-state index is -1.19. The van der Waals surface area contributed by atoms with Crippen molar-refractivity contribution in [2.45, 2.75) is 57.9 Å². The van der Waals surface area contributed by atoms with Gasteiger partial charge >= 0.3 is 12.1 Å². The van der Waals surface area contributed by atoms with E-state index in [1.54, 1.807) is 13.0 Å². The Morgan fingerprint density at radius 3 is 2.05 bits per heavy atom. The molecule has 0 heterocycles. The number of benzene rings is 3. The molecule has 0 aliphatic heterocycles. The lowest BCUT2D eigenvalue weighted by Gasteiger charge is -2.26. The van der Waals surface area contributed by atoms with E-state index in [0.29, 0.717) is 0 Å². The summed E-state index contributed by atoms with van der Waals surface area (Å²) in [4.78, 5) is 38.2. The van der Waals surface area contributed by atoms with Gasteiger partial charge in [0.2, 0.25) is 5.91 Å². The first-order valence-electron chi connectivity index (χ1n) is 13.7. The number of fused-ring (bicyclic) bond motifs is 3. The lowest BCUT2D eigenvalue weighted by molar-refractivity contribution is -0.142. The first-order chi connectivity index (χ1) is 19.7. The molecular formula is C33H36N2O6. The Morgan fingerprint density at radius 1 is 0.878 bits per heavy atom. The van der Waals surface area contributed by atoms with Crippen LogP contribution >= 0.6 is 0 Å². The molecule has 4 rings (SSSR count). The second-order valence-corrected chi connectivity index (χ2v) is 10.4. The highest BCUT2D eigenvalue weighted by atomic mass is 16.5. The fraction of sp³-hybridized carbons (Fsp3) is 0.303. The van der Waals surface area contributed by atoms with E-state index in [9.17, 15) is 19.5 Å². The second kappa shape index (κ2) is 13.8. The van der Waals surface area contributed by atoms with Crippen molar-refractivity contribution in [2.24, 2.45) is 0 Å². The minimum Gasteiger partial charge on any atom is -0.480 e. The standard InChI is InChI=1S/C33H36N2O6/c1-21(2)17-18-29(32(37)38)34-31(36)30(22(3)40-19-23-11-5-4-6-12-23)35-33(39)41-20-28-26-15-9-7-13-24(26)25-14-8-10-16-27(25)28/h4-17,22,28-30H,18-20H2,1-3H3,(H,34,36)(H,35,39)(H,37,38)/t22-,29?,30+/m0/s1. The largest absolute Gasteiger partial charge is 0.480 e. The zero-order valence-corrected chi connectivity index (χ0v) is 23.5. The molecule has 3 aromatic rings. The fourth-order valence-electron chi connectivity index (χ4n) is 4.90. The van der Waals surface area contributed by atoms with Gasteiger partial charge < -0.3 is 25.2 Å². The average Bonchev–Trinajstić information content (AvgIpc) is 3.29. The van der Waals surface area contributed by atoms with Gasteiger partial charge in [0.05, 0.1) is 12.7 Å². The van der Waals surface area contributed by atoms with Gasteiger partial charge in [-0.3, -0.25) is 4.79 Å². The van der Waals surface area contributed by atoms with E-state index in [0.717, 1.165) is 33.4 Å². The number of carbonyl (C=O) groups excluding carboxylic acids is 2. The van der Waals surface area contributed by atoms with E-state index in [1.807, 2.05) is 80.6 Å². The maximum Gasteiger partial charge on any atom is 0.407 e. The highest BCUT2D eigenvalue weighted by Gasteiger charge is 2.33. The molecule has 1 aliphatic carbocycles. The topological polar surface area (TPSA) is 114 Å².